The number of carbonyl (C=O) groups is 1. The summed E-state index contributed by atoms with van der Waals surface area (Å²) in [5.74, 6) is 0.525. The third-order valence-electron chi connectivity index (χ3n) is 2.51. The van der Waals surface area contributed by atoms with Gasteiger partial charge in [0, 0.05) is 6.54 Å². The zero-order chi connectivity index (χ0) is 11.5. The van der Waals surface area contributed by atoms with Crippen molar-refractivity contribution in [1.82, 2.24) is 5.32 Å². The molecule has 0 radical (unpaired) electrons. The van der Waals surface area contributed by atoms with Crippen molar-refractivity contribution < 1.29 is 9.53 Å². The van der Waals surface area contributed by atoms with Crippen LogP contribution in [-0.4, -0.2) is 19.2 Å². The van der Waals surface area contributed by atoms with Gasteiger partial charge in [-0.25, -0.2) is 4.79 Å². The van der Waals surface area contributed by atoms with Gasteiger partial charge in [0.05, 0.1) is 6.61 Å². The molecule has 3 heteroatoms. The zero-order valence-electron chi connectivity index (χ0n) is 10.3. The summed E-state index contributed by atoms with van der Waals surface area (Å²) in [6.45, 7) is 7.61. The van der Waals surface area contributed by atoms with Crippen LogP contribution in [0.2, 0.25) is 0 Å². The molecular formula is C12H25NO2. The summed E-state index contributed by atoms with van der Waals surface area (Å²) in [4.78, 5) is 11.2. The van der Waals surface area contributed by atoms with Crippen LogP contribution in [0, 0.1) is 5.92 Å². The number of unbranched alkanes of at least 4 members (excludes halogenated alkanes) is 1. The Morgan fingerprint density at radius 2 is 2.00 bits per heavy atom. The molecule has 0 bridgehead atoms. The number of alkyl carbamates (subject to hydrolysis) is 1. The summed E-state index contributed by atoms with van der Waals surface area (Å²) in [6, 6.07) is 0. The van der Waals surface area contributed by atoms with Crippen molar-refractivity contribution in [1.29, 1.82) is 0 Å². The fourth-order valence-corrected chi connectivity index (χ4v) is 1.37. The molecule has 0 spiro atoms. The van der Waals surface area contributed by atoms with Crippen molar-refractivity contribution in [3.8, 4) is 0 Å². The molecule has 1 N–H and O–H groups in total. The van der Waals surface area contributed by atoms with Gasteiger partial charge in [0.15, 0.2) is 0 Å². The van der Waals surface area contributed by atoms with Gasteiger partial charge in [-0.15, -0.1) is 0 Å². The average molecular weight is 215 g/mol. The van der Waals surface area contributed by atoms with E-state index in [4.69, 9.17) is 4.74 Å². The normalized spacial score (nSPS) is 12.2. The van der Waals surface area contributed by atoms with Gasteiger partial charge in [0.2, 0.25) is 0 Å². The smallest absolute Gasteiger partial charge is 0.407 e. The van der Waals surface area contributed by atoms with Crippen LogP contribution >= 0.6 is 0 Å². The molecule has 0 rings (SSSR count). The SMILES string of the molecule is CCCCC(CC)COC(=O)NCCC. The maximum absolute atomic E-state index is 11.2. The van der Waals surface area contributed by atoms with Gasteiger partial charge in [-0.3, -0.25) is 0 Å². The predicted octanol–water partition coefficient (Wildman–Crippen LogP) is 3.34. The van der Waals surface area contributed by atoms with E-state index in [1.54, 1.807) is 0 Å². The van der Waals surface area contributed by atoms with Gasteiger partial charge < -0.3 is 10.1 Å². The van der Waals surface area contributed by atoms with Gasteiger partial charge in [-0.05, 0) is 18.8 Å². The minimum atomic E-state index is -0.271. The molecule has 1 unspecified atom stereocenters. The lowest BCUT2D eigenvalue weighted by molar-refractivity contribution is 0.123. The number of hydrogen-bond acceptors (Lipinski definition) is 2. The predicted molar refractivity (Wildman–Crippen MR) is 62.9 cm³/mol. The van der Waals surface area contributed by atoms with Crippen LogP contribution in [-0.2, 0) is 4.74 Å². The third-order valence-corrected chi connectivity index (χ3v) is 2.51. The number of nitrogens with one attached hydrogen (secondary N) is 1. The molecule has 0 saturated carbocycles. The monoisotopic (exact) mass is 215 g/mol. The van der Waals surface area contributed by atoms with Crippen LogP contribution in [0.4, 0.5) is 4.79 Å². The zero-order valence-corrected chi connectivity index (χ0v) is 10.3. The highest BCUT2D eigenvalue weighted by atomic mass is 16.5. The molecule has 0 aromatic rings. The summed E-state index contributed by atoms with van der Waals surface area (Å²) >= 11 is 0. The van der Waals surface area contributed by atoms with Crippen molar-refractivity contribution in [3.05, 3.63) is 0 Å². The first kappa shape index (κ1) is 14.3. The van der Waals surface area contributed by atoms with E-state index in [0.29, 0.717) is 19.1 Å². The number of amides is 1. The molecule has 0 aliphatic rings. The van der Waals surface area contributed by atoms with Gasteiger partial charge in [-0.1, -0.05) is 40.0 Å². The lowest BCUT2D eigenvalue weighted by Crippen LogP contribution is -2.27. The Kier molecular flexibility index (Phi) is 9.33. The second-order valence-electron chi connectivity index (χ2n) is 3.94. The van der Waals surface area contributed by atoms with Crippen LogP contribution < -0.4 is 5.32 Å². The van der Waals surface area contributed by atoms with E-state index in [2.05, 4.69) is 19.2 Å². The molecule has 0 aliphatic heterocycles. The fraction of sp³-hybridized carbons (Fsp3) is 0.917. The second kappa shape index (κ2) is 9.81. The molecule has 3 nitrogen and oxygen atoms in total. The average Bonchev–Trinajstić information content (AvgIpc) is 2.26. The lowest BCUT2D eigenvalue weighted by Gasteiger charge is -2.14. The Hall–Kier alpha value is -0.730. The first-order valence-corrected chi connectivity index (χ1v) is 6.15. The van der Waals surface area contributed by atoms with Crippen LogP contribution in [0.3, 0.4) is 0 Å². The van der Waals surface area contributed by atoms with E-state index in [0.717, 1.165) is 19.3 Å². The molecule has 1 amide bonds. The van der Waals surface area contributed by atoms with Crippen LogP contribution in [0.1, 0.15) is 52.9 Å². The maximum atomic E-state index is 11.2. The largest absolute Gasteiger partial charge is 0.449 e. The van der Waals surface area contributed by atoms with E-state index in [1.165, 1.54) is 12.8 Å². The molecule has 0 heterocycles. The molecule has 1 atom stereocenters. The molecule has 0 aliphatic carbocycles. The topological polar surface area (TPSA) is 38.3 Å². The summed E-state index contributed by atoms with van der Waals surface area (Å²) in [5.41, 5.74) is 0. The Morgan fingerprint density at radius 3 is 2.53 bits per heavy atom. The van der Waals surface area contributed by atoms with Crippen molar-refractivity contribution in [3.63, 3.8) is 0 Å². The van der Waals surface area contributed by atoms with E-state index in [9.17, 15) is 4.79 Å². The first-order chi connectivity index (χ1) is 7.24. The summed E-state index contributed by atoms with van der Waals surface area (Å²) < 4.78 is 5.14. The lowest BCUT2D eigenvalue weighted by atomic mass is 10.0. The molecule has 15 heavy (non-hydrogen) atoms. The molecule has 0 aromatic heterocycles. The van der Waals surface area contributed by atoms with Gasteiger partial charge in [-0.2, -0.15) is 0 Å². The van der Waals surface area contributed by atoms with Crippen LogP contribution in [0.15, 0.2) is 0 Å². The van der Waals surface area contributed by atoms with E-state index < -0.39 is 0 Å². The van der Waals surface area contributed by atoms with E-state index in [1.807, 2.05) is 6.92 Å². The van der Waals surface area contributed by atoms with E-state index >= 15 is 0 Å². The molecule has 0 fully saturated rings. The minimum Gasteiger partial charge on any atom is -0.449 e. The summed E-state index contributed by atoms with van der Waals surface area (Å²) in [6.07, 6.45) is 5.35. The Morgan fingerprint density at radius 1 is 1.27 bits per heavy atom. The Bertz CT molecular complexity index is 160. The van der Waals surface area contributed by atoms with Crippen LogP contribution in [0.25, 0.3) is 0 Å². The molecule has 0 saturated heterocycles. The van der Waals surface area contributed by atoms with Gasteiger partial charge in [0.25, 0.3) is 0 Å². The first-order valence-electron chi connectivity index (χ1n) is 6.15. The fourth-order valence-electron chi connectivity index (χ4n) is 1.37. The number of hydrogen-bond donors (Lipinski definition) is 1. The highest BCUT2D eigenvalue weighted by molar-refractivity contribution is 5.66. The number of rotatable bonds is 8. The van der Waals surface area contributed by atoms with Crippen molar-refractivity contribution >= 4 is 6.09 Å². The van der Waals surface area contributed by atoms with Gasteiger partial charge >= 0.3 is 6.09 Å². The quantitative estimate of drug-likeness (QED) is 0.674. The summed E-state index contributed by atoms with van der Waals surface area (Å²) in [5, 5.41) is 2.71. The van der Waals surface area contributed by atoms with Crippen molar-refractivity contribution in [2.75, 3.05) is 13.2 Å². The minimum absolute atomic E-state index is 0.271. The van der Waals surface area contributed by atoms with Gasteiger partial charge in [0.1, 0.15) is 0 Å². The van der Waals surface area contributed by atoms with Crippen LogP contribution in [0.5, 0.6) is 0 Å². The van der Waals surface area contributed by atoms with Crippen molar-refractivity contribution in [2.45, 2.75) is 52.9 Å². The molecule has 90 valence electrons. The van der Waals surface area contributed by atoms with Crippen molar-refractivity contribution in [2.24, 2.45) is 5.92 Å². The maximum Gasteiger partial charge on any atom is 0.407 e. The third kappa shape index (κ3) is 8.28. The molecular weight excluding hydrogens is 190 g/mol. The Balaban J connectivity index is 3.55. The highest BCUT2D eigenvalue weighted by Gasteiger charge is 2.08. The summed E-state index contributed by atoms with van der Waals surface area (Å²) in [7, 11) is 0. The number of carbonyl (C=O) groups excluding carboxylic acids is 1. The number of ether oxygens (including phenoxy) is 1. The van der Waals surface area contributed by atoms with E-state index in [-0.39, 0.29) is 6.09 Å². The Labute approximate surface area is 93.6 Å². The standard InChI is InChI=1S/C12H25NO2/c1-4-7-8-11(6-3)10-15-12(14)13-9-5-2/h11H,4-10H2,1-3H3,(H,13,14). The molecule has 0 aromatic carbocycles. The highest BCUT2D eigenvalue weighted by Crippen LogP contribution is 2.12. The second-order valence-corrected chi connectivity index (χ2v) is 3.94.